The SMILES string of the molecule is O=c1c(Cc2cc(-c3ccccc3)ccc2O)c(-c2ccccc2)oc2ccc(-c3ccccc3)cc12. The van der Waals surface area contributed by atoms with Gasteiger partial charge in [0.1, 0.15) is 17.1 Å². The molecule has 0 aliphatic carbocycles. The van der Waals surface area contributed by atoms with Gasteiger partial charge in [0.05, 0.1) is 5.39 Å². The van der Waals surface area contributed by atoms with E-state index in [0.717, 1.165) is 27.8 Å². The lowest BCUT2D eigenvalue weighted by Crippen LogP contribution is -2.12. The van der Waals surface area contributed by atoms with Gasteiger partial charge < -0.3 is 9.52 Å². The number of fused-ring (bicyclic) bond motifs is 1. The van der Waals surface area contributed by atoms with Crippen LogP contribution in [0.3, 0.4) is 0 Å². The maximum atomic E-state index is 14.0. The number of phenols is 1. The van der Waals surface area contributed by atoms with Crippen LogP contribution >= 0.6 is 0 Å². The Morgan fingerprint density at radius 2 is 1.11 bits per heavy atom. The van der Waals surface area contributed by atoms with E-state index in [4.69, 9.17) is 4.42 Å². The molecule has 6 rings (SSSR count). The Morgan fingerprint density at radius 3 is 1.73 bits per heavy atom. The fraction of sp³-hybridized carbons (Fsp3) is 0.0294. The lowest BCUT2D eigenvalue weighted by molar-refractivity contribution is 0.469. The van der Waals surface area contributed by atoms with Crippen LogP contribution in [0.15, 0.2) is 137 Å². The smallest absolute Gasteiger partial charge is 0.196 e. The molecular formula is C34H24O3. The van der Waals surface area contributed by atoms with E-state index in [1.807, 2.05) is 121 Å². The molecule has 0 radical (unpaired) electrons. The Balaban J connectivity index is 1.54. The molecule has 0 fully saturated rings. The highest BCUT2D eigenvalue weighted by Crippen LogP contribution is 2.33. The van der Waals surface area contributed by atoms with Gasteiger partial charge >= 0.3 is 0 Å². The molecule has 178 valence electrons. The molecule has 1 N–H and O–H groups in total. The molecule has 3 nitrogen and oxygen atoms in total. The molecule has 0 atom stereocenters. The fourth-order valence-electron chi connectivity index (χ4n) is 4.75. The van der Waals surface area contributed by atoms with Gasteiger partial charge in [-0.1, -0.05) is 103 Å². The maximum Gasteiger partial charge on any atom is 0.196 e. The molecule has 5 aromatic carbocycles. The summed E-state index contributed by atoms with van der Waals surface area (Å²) in [4.78, 5) is 14.0. The number of hydrogen-bond acceptors (Lipinski definition) is 3. The molecule has 0 spiro atoms. The summed E-state index contributed by atoms with van der Waals surface area (Å²) in [5.41, 5.74) is 6.46. The van der Waals surface area contributed by atoms with Crippen LogP contribution in [0.2, 0.25) is 0 Å². The zero-order valence-electron chi connectivity index (χ0n) is 20.1. The van der Waals surface area contributed by atoms with Gasteiger partial charge in [-0.15, -0.1) is 0 Å². The fourth-order valence-corrected chi connectivity index (χ4v) is 4.75. The van der Waals surface area contributed by atoms with E-state index in [1.165, 1.54) is 0 Å². The van der Waals surface area contributed by atoms with Crippen molar-refractivity contribution in [2.24, 2.45) is 0 Å². The van der Waals surface area contributed by atoms with Crippen molar-refractivity contribution in [1.29, 1.82) is 0 Å². The lowest BCUT2D eigenvalue weighted by atomic mass is 9.94. The van der Waals surface area contributed by atoms with Crippen LogP contribution in [0.25, 0.3) is 44.5 Å². The van der Waals surface area contributed by atoms with Crippen molar-refractivity contribution in [2.45, 2.75) is 6.42 Å². The van der Waals surface area contributed by atoms with Crippen molar-refractivity contribution in [3.63, 3.8) is 0 Å². The zero-order valence-corrected chi connectivity index (χ0v) is 20.1. The van der Waals surface area contributed by atoms with Crippen LogP contribution in [0, 0.1) is 0 Å². The lowest BCUT2D eigenvalue weighted by Gasteiger charge is -2.13. The minimum absolute atomic E-state index is 0.0950. The van der Waals surface area contributed by atoms with Crippen LogP contribution in [-0.2, 0) is 6.42 Å². The third-order valence-electron chi connectivity index (χ3n) is 6.68. The van der Waals surface area contributed by atoms with Crippen LogP contribution in [0.1, 0.15) is 11.1 Å². The molecule has 6 aromatic rings. The molecule has 1 aromatic heterocycles. The number of benzene rings is 5. The first-order valence-electron chi connectivity index (χ1n) is 12.3. The Labute approximate surface area is 214 Å². The average Bonchev–Trinajstić information content (AvgIpc) is 2.96. The number of hydrogen-bond donors (Lipinski definition) is 1. The molecule has 0 aliphatic rings. The molecule has 0 saturated heterocycles. The van der Waals surface area contributed by atoms with E-state index >= 15 is 0 Å². The first kappa shape index (κ1) is 22.6. The minimum atomic E-state index is -0.0950. The Morgan fingerprint density at radius 1 is 0.568 bits per heavy atom. The minimum Gasteiger partial charge on any atom is -0.508 e. The van der Waals surface area contributed by atoms with Gasteiger partial charge in [0.25, 0.3) is 0 Å². The van der Waals surface area contributed by atoms with Gasteiger partial charge in [-0.05, 0) is 52.1 Å². The van der Waals surface area contributed by atoms with Crippen molar-refractivity contribution in [3.05, 3.63) is 149 Å². The van der Waals surface area contributed by atoms with Crippen molar-refractivity contribution < 1.29 is 9.52 Å². The third kappa shape index (κ3) is 4.43. The number of rotatable bonds is 5. The quantitative estimate of drug-likeness (QED) is 0.271. The zero-order chi connectivity index (χ0) is 25.2. The van der Waals surface area contributed by atoms with Crippen molar-refractivity contribution >= 4 is 11.0 Å². The molecule has 3 heteroatoms. The maximum absolute atomic E-state index is 14.0. The van der Waals surface area contributed by atoms with Crippen molar-refractivity contribution in [3.8, 4) is 39.3 Å². The topological polar surface area (TPSA) is 50.4 Å². The highest BCUT2D eigenvalue weighted by Gasteiger charge is 2.19. The molecule has 0 amide bonds. The summed E-state index contributed by atoms with van der Waals surface area (Å²) in [6.45, 7) is 0. The summed E-state index contributed by atoms with van der Waals surface area (Å²) < 4.78 is 6.40. The monoisotopic (exact) mass is 480 g/mol. The van der Waals surface area contributed by atoms with E-state index < -0.39 is 0 Å². The predicted molar refractivity (Wildman–Crippen MR) is 150 cm³/mol. The van der Waals surface area contributed by atoms with Gasteiger partial charge in [0.2, 0.25) is 0 Å². The van der Waals surface area contributed by atoms with Crippen LogP contribution in [-0.4, -0.2) is 5.11 Å². The van der Waals surface area contributed by atoms with Gasteiger partial charge in [-0.25, -0.2) is 0 Å². The Kier molecular flexibility index (Phi) is 5.88. The predicted octanol–water partition coefficient (Wildman–Crippen LogP) is 8.09. The third-order valence-corrected chi connectivity index (χ3v) is 6.68. The summed E-state index contributed by atoms with van der Waals surface area (Å²) >= 11 is 0. The summed E-state index contributed by atoms with van der Waals surface area (Å²) in [7, 11) is 0. The second-order valence-corrected chi connectivity index (χ2v) is 9.07. The van der Waals surface area contributed by atoms with Crippen LogP contribution in [0.4, 0.5) is 0 Å². The van der Waals surface area contributed by atoms with Gasteiger partial charge in [0.15, 0.2) is 5.43 Å². The highest BCUT2D eigenvalue weighted by atomic mass is 16.3. The molecule has 1 heterocycles. The first-order valence-corrected chi connectivity index (χ1v) is 12.3. The molecular weight excluding hydrogens is 456 g/mol. The van der Waals surface area contributed by atoms with Gasteiger partial charge in [-0.3, -0.25) is 4.79 Å². The van der Waals surface area contributed by atoms with Gasteiger partial charge in [0, 0.05) is 17.5 Å². The highest BCUT2D eigenvalue weighted by molar-refractivity contribution is 5.85. The van der Waals surface area contributed by atoms with Crippen molar-refractivity contribution in [1.82, 2.24) is 0 Å². The summed E-state index contributed by atoms with van der Waals surface area (Å²) in [6.07, 6.45) is 0.241. The molecule has 37 heavy (non-hydrogen) atoms. The standard InChI is InChI=1S/C34H24O3/c35-31-18-16-26(23-10-4-1-5-11-23)20-28(31)22-30-33(36)29-21-27(24-12-6-2-7-13-24)17-19-32(29)37-34(30)25-14-8-3-9-15-25/h1-21,35H,22H2. The second kappa shape index (κ2) is 9.63. The van der Waals surface area contributed by atoms with E-state index in [9.17, 15) is 9.90 Å². The first-order chi connectivity index (χ1) is 18.2. The molecule has 0 bridgehead atoms. The molecule has 0 aliphatic heterocycles. The van der Waals surface area contributed by atoms with E-state index in [-0.39, 0.29) is 17.6 Å². The van der Waals surface area contributed by atoms with Crippen LogP contribution in [0.5, 0.6) is 5.75 Å². The normalized spacial score (nSPS) is 11.0. The van der Waals surface area contributed by atoms with E-state index in [2.05, 4.69) is 0 Å². The molecule has 0 unspecified atom stereocenters. The summed E-state index contributed by atoms with van der Waals surface area (Å²) in [6, 6.07) is 40.9. The molecule has 0 saturated carbocycles. The summed E-state index contributed by atoms with van der Waals surface area (Å²) in [5.74, 6) is 0.673. The second-order valence-electron chi connectivity index (χ2n) is 9.07. The van der Waals surface area contributed by atoms with E-state index in [0.29, 0.717) is 27.9 Å². The Bertz CT molecular complexity index is 1750. The average molecular weight is 481 g/mol. The van der Waals surface area contributed by atoms with Crippen molar-refractivity contribution in [2.75, 3.05) is 0 Å². The van der Waals surface area contributed by atoms with Gasteiger partial charge in [-0.2, -0.15) is 0 Å². The van der Waals surface area contributed by atoms with Crippen LogP contribution < -0.4 is 5.43 Å². The Hall–Kier alpha value is -4.89. The largest absolute Gasteiger partial charge is 0.508 e. The summed E-state index contributed by atoms with van der Waals surface area (Å²) in [5, 5.41) is 11.3. The number of aromatic hydroxyl groups is 1. The van der Waals surface area contributed by atoms with E-state index in [1.54, 1.807) is 6.07 Å². The number of phenolic OH excluding ortho intramolecular Hbond substituents is 1.